The number of aromatic nitrogens is 1. The molecule has 0 amide bonds. The Balaban J connectivity index is 2.11. The second-order valence-corrected chi connectivity index (χ2v) is 9.81. The fraction of sp³-hybridized carbons (Fsp3) is 0.448. The first-order valence-electron chi connectivity index (χ1n) is 13.0. The molecule has 5 atom stereocenters. The molecule has 230 valence electrons. The van der Waals surface area contributed by atoms with Gasteiger partial charge in [-0.05, 0) is 23.8 Å². The van der Waals surface area contributed by atoms with E-state index in [2.05, 4.69) is 11.1 Å². The van der Waals surface area contributed by atoms with Crippen LogP contribution in [0.2, 0.25) is 5.15 Å². The summed E-state index contributed by atoms with van der Waals surface area (Å²) in [7, 11) is 2.97. The SMILES string of the molecule is COc1ccc(-c2cc(C[C@@H]3O[C@H](COC(C)=O)[C@@H](OC(C)=O)[C@H](OC(C)=O)[C@H]3OC(C)=O)nc(Cl)c2C#N)cc1OC. The monoisotopic (exact) mass is 618 g/mol. The average Bonchev–Trinajstić information content (AvgIpc) is 2.93. The topological polar surface area (TPSA) is 170 Å². The minimum absolute atomic E-state index is 0.0786. The molecule has 0 unspecified atom stereocenters. The van der Waals surface area contributed by atoms with Gasteiger partial charge in [-0.25, -0.2) is 4.98 Å². The molecule has 1 aliphatic rings. The molecule has 2 heterocycles. The number of rotatable bonds is 10. The van der Waals surface area contributed by atoms with E-state index in [0.717, 1.165) is 20.8 Å². The largest absolute Gasteiger partial charge is 0.493 e. The van der Waals surface area contributed by atoms with Crippen molar-refractivity contribution in [3.8, 4) is 28.7 Å². The number of benzene rings is 1. The van der Waals surface area contributed by atoms with E-state index >= 15 is 0 Å². The molecule has 3 rings (SSSR count). The van der Waals surface area contributed by atoms with Crippen molar-refractivity contribution in [3.63, 3.8) is 0 Å². The maximum atomic E-state index is 12.2. The molecule has 1 aromatic heterocycles. The molecule has 1 fully saturated rings. The van der Waals surface area contributed by atoms with Crippen LogP contribution in [-0.4, -0.2) is 80.2 Å². The van der Waals surface area contributed by atoms with E-state index in [0.29, 0.717) is 28.3 Å². The van der Waals surface area contributed by atoms with Gasteiger partial charge in [0.05, 0.1) is 19.8 Å². The van der Waals surface area contributed by atoms with E-state index in [-0.39, 0.29) is 23.7 Å². The molecule has 43 heavy (non-hydrogen) atoms. The van der Waals surface area contributed by atoms with Crippen molar-refractivity contribution in [2.45, 2.75) is 64.6 Å². The molecule has 0 N–H and O–H groups in total. The third kappa shape index (κ3) is 8.33. The third-order valence-electron chi connectivity index (χ3n) is 6.33. The van der Waals surface area contributed by atoms with E-state index in [9.17, 15) is 24.4 Å². The number of nitriles is 1. The fourth-order valence-corrected chi connectivity index (χ4v) is 4.95. The highest BCUT2D eigenvalue weighted by atomic mass is 35.5. The van der Waals surface area contributed by atoms with Crippen LogP contribution in [0.1, 0.15) is 39.0 Å². The Kier molecular flexibility index (Phi) is 11.3. The standard InChI is InChI=1S/C29H31ClN2O11/c1-14(33)39-13-25-27(41-16(3)35)28(42-17(4)36)26(40-15(2)34)24(43-25)11-19-10-20(21(12-31)29(30)32-19)18-7-8-22(37-5)23(9-18)38-6/h7-10,24-28H,11,13H2,1-6H3/t24-,25+,26-,27+,28+/m0/s1. The molecule has 13 nitrogen and oxygen atoms in total. The van der Waals surface area contributed by atoms with E-state index in [1.165, 1.54) is 21.1 Å². The highest BCUT2D eigenvalue weighted by Gasteiger charge is 2.52. The molecule has 0 aliphatic carbocycles. The molecule has 1 aromatic carbocycles. The molecular weight excluding hydrogens is 588 g/mol. The van der Waals surface area contributed by atoms with Crippen LogP contribution < -0.4 is 9.47 Å². The lowest BCUT2D eigenvalue weighted by molar-refractivity contribution is -0.252. The normalized spacial score (nSPS) is 21.1. The van der Waals surface area contributed by atoms with Gasteiger partial charge >= 0.3 is 23.9 Å². The Morgan fingerprint density at radius 1 is 0.860 bits per heavy atom. The summed E-state index contributed by atoms with van der Waals surface area (Å²) in [6.45, 7) is 4.24. The quantitative estimate of drug-likeness (QED) is 0.216. The van der Waals surface area contributed by atoms with Gasteiger partial charge in [0.15, 0.2) is 29.8 Å². The summed E-state index contributed by atoms with van der Waals surface area (Å²) in [5.41, 5.74) is 1.40. The Labute approximate surface area is 252 Å². The van der Waals surface area contributed by atoms with Gasteiger partial charge in [0, 0.05) is 45.4 Å². The number of esters is 4. The molecule has 0 spiro atoms. The molecule has 0 bridgehead atoms. The highest BCUT2D eigenvalue weighted by Crippen LogP contribution is 2.37. The molecule has 1 aliphatic heterocycles. The van der Waals surface area contributed by atoms with Crippen LogP contribution in [0.25, 0.3) is 11.1 Å². The van der Waals surface area contributed by atoms with Crippen molar-refractivity contribution in [3.05, 3.63) is 40.7 Å². The van der Waals surface area contributed by atoms with Gasteiger partial charge in [0.25, 0.3) is 0 Å². The lowest BCUT2D eigenvalue weighted by Crippen LogP contribution is -2.62. The number of methoxy groups -OCH3 is 2. The molecular formula is C29H31ClN2O11. The van der Waals surface area contributed by atoms with E-state index in [1.54, 1.807) is 24.3 Å². The maximum Gasteiger partial charge on any atom is 0.303 e. The van der Waals surface area contributed by atoms with Crippen LogP contribution in [-0.2, 0) is 49.3 Å². The van der Waals surface area contributed by atoms with Crippen molar-refractivity contribution in [2.24, 2.45) is 0 Å². The second kappa shape index (κ2) is 14.7. The molecule has 0 radical (unpaired) electrons. The van der Waals surface area contributed by atoms with E-state index in [4.69, 9.17) is 44.8 Å². The maximum absolute atomic E-state index is 12.2. The predicted molar refractivity (Wildman–Crippen MR) is 148 cm³/mol. The predicted octanol–water partition coefficient (Wildman–Crippen LogP) is 2.96. The third-order valence-corrected chi connectivity index (χ3v) is 6.61. The lowest BCUT2D eigenvalue weighted by Gasteiger charge is -2.44. The number of hydrogen-bond donors (Lipinski definition) is 0. The van der Waals surface area contributed by atoms with Crippen LogP contribution in [0, 0.1) is 11.3 Å². The van der Waals surface area contributed by atoms with Crippen LogP contribution in [0.4, 0.5) is 0 Å². The number of ether oxygens (including phenoxy) is 7. The zero-order valence-electron chi connectivity index (χ0n) is 24.4. The first kappa shape index (κ1) is 33.1. The van der Waals surface area contributed by atoms with Gasteiger partial charge in [-0.3, -0.25) is 19.2 Å². The van der Waals surface area contributed by atoms with Crippen LogP contribution in [0.3, 0.4) is 0 Å². The van der Waals surface area contributed by atoms with E-state index < -0.39 is 54.4 Å². The molecule has 14 heteroatoms. The van der Waals surface area contributed by atoms with Crippen LogP contribution >= 0.6 is 11.6 Å². The minimum atomic E-state index is -1.33. The van der Waals surface area contributed by atoms with Gasteiger partial charge < -0.3 is 33.2 Å². The number of nitrogens with zero attached hydrogens (tertiary/aromatic N) is 2. The summed E-state index contributed by atoms with van der Waals surface area (Å²) in [6.07, 6.45) is -6.15. The number of pyridine rings is 1. The number of hydrogen-bond acceptors (Lipinski definition) is 13. The van der Waals surface area contributed by atoms with Gasteiger partial charge in [-0.1, -0.05) is 17.7 Å². The second-order valence-electron chi connectivity index (χ2n) is 9.45. The van der Waals surface area contributed by atoms with Crippen molar-refractivity contribution in [2.75, 3.05) is 20.8 Å². The smallest absolute Gasteiger partial charge is 0.303 e. The Morgan fingerprint density at radius 3 is 1.98 bits per heavy atom. The molecule has 1 saturated heterocycles. The van der Waals surface area contributed by atoms with Gasteiger partial charge in [-0.2, -0.15) is 5.26 Å². The van der Waals surface area contributed by atoms with Crippen molar-refractivity contribution < 1.29 is 52.3 Å². The number of carbonyl (C=O) groups is 4. The zero-order valence-corrected chi connectivity index (χ0v) is 25.1. The summed E-state index contributed by atoms with van der Waals surface area (Å²) >= 11 is 6.45. The van der Waals surface area contributed by atoms with Crippen LogP contribution in [0.15, 0.2) is 24.3 Å². The Morgan fingerprint density at radius 2 is 1.44 bits per heavy atom. The van der Waals surface area contributed by atoms with Gasteiger partial charge in [-0.15, -0.1) is 0 Å². The van der Waals surface area contributed by atoms with Gasteiger partial charge in [0.2, 0.25) is 0 Å². The lowest BCUT2D eigenvalue weighted by atomic mass is 9.91. The van der Waals surface area contributed by atoms with Crippen molar-refractivity contribution in [1.82, 2.24) is 4.98 Å². The van der Waals surface area contributed by atoms with Crippen molar-refractivity contribution in [1.29, 1.82) is 5.26 Å². The van der Waals surface area contributed by atoms with Crippen LogP contribution in [0.5, 0.6) is 11.5 Å². The summed E-state index contributed by atoms with van der Waals surface area (Å²) in [6, 6.07) is 8.72. The summed E-state index contributed by atoms with van der Waals surface area (Å²) < 4.78 is 38.5. The number of carbonyl (C=O) groups excluding carboxylic acids is 4. The van der Waals surface area contributed by atoms with Crippen molar-refractivity contribution >= 4 is 35.5 Å². The Hall–Kier alpha value is -4.41. The molecule has 0 saturated carbocycles. The average molecular weight is 619 g/mol. The zero-order chi connectivity index (χ0) is 31.8. The summed E-state index contributed by atoms with van der Waals surface area (Å²) in [4.78, 5) is 52.2. The highest BCUT2D eigenvalue weighted by molar-refractivity contribution is 6.31. The Bertz CT molecular complexity index is 1420. The van der Waals surface area contributed by atoms with Gasteiger partial charge in [0.1, 0.15) is 30.0 Å². The molecule has 2 aromatic rings. The first-order chi connectivity index (χ1) is 20.4. The minimum Gasteiger partial charge on any atom is -0.493 e. The fourth-order valence-electron chi connectivity index (χ4n) is 4.69. The first-order valence-corrected chi connectivity index (χ1v) is 13.4. The summed E-state index contributed by atoms with van der Waals surface area (Å²) in [5, 5.41) is 9.75. The summed E-state index contributed by atoms with van der Waals surface area (Å²) in [5.74, 6) is -1.96. The number of halogens is 1. The van der Waals surface area contributed by atoms with E-state index in [1.807, 2.05) is 0 Å².